The number of aromatic nitrogens is 1. The molecule has 6 nitrogen and oxygen atoms in total. The molecule has 0 atom stereocenters. The minimum atomic E-state index is -3.87. The maximum Gasteiger partial charge on any atom is 0.261 e. The number of carbonyl (C=O) groups is 1. The van der Waals surface area contributed by atoms with Crippen LogP contribution in [0.4, 0.5) is 15.2 Å². The summed E-state index contributed by atoms with van der Waals surface area (Å²) in [6, 6.07) is 16.8. The minimum Gasteiger partial charge on any atom is -0.298 e. The van der Waals surface area contributed by atoms with E-state index in [1.165, 1.54) is 42.5 Å². The lowest BCUT2D eigenvalue weighted by Gasteiger charge is -2.09. The number of thiazole rings is 1. The van der Waals surface area contributed by atoms with E-state index in [0.29, 0.717) is 21.0 Å². The summed E-state index contributed by atoms with van der Waals surface area (Å²) in [4.78, 5) is 16.8. The molecule has 0 fully saturated rings. The highest BCUT2D eigenvalue weighted by atomic mass is 32.2. The summed E-state index contributed by atoms with van der Waals surface area (Å²) in [6.07, 6.45) is 0. The molecule has 0 spiro atoms. The fourth-order valence-corrected chi connectivity index (χ4v) is 4.75. The number of nitrogens with one attached hydrogen (secondary N) is 2. The Morgan fingerprint density at radius 1 is 1.03 bits per heavy atom. The summed E-state index contributed by atoms with van der Waals surface area (Å²) in [6.45, 7) is 1.91. The molecular formula is C21H16FN3O3S2. The van der Waals surface area contributed by atoms with Gasteiger partial charge in [0.15, 0.2) is 5.13 Å². The van der Waals surface area contributed by atoms with Crippen molar-refractivity contribution in [2.45, 2.75) is 11.8 Å². The lowest BCUT2D eigenvalue weighted by atomic mass is 10.2. The van der Waals surface area contributed by atoms with Gasteiger partial charge in [0, 0.05) is 11.3 Å². The molecule has 0 saturated heterocycles. The van der Waals surface area contributed by atoms with Crippen molar-refractivity contribution in [1.29, 1.82) is 0 Å². The summed E-state index contributed by atoms with van der Waals surface area (Å²) in [7, 11) is -3.87. The zero-order valence-corrected chi connectivity index (χ0v) is 17.4. The predicted octanol–water partition coefficient (Wildman–Crippen LogP) is 4.80. The Balaban J connectivity index is 1.55. The van der Waals surface area contributed by atoms with E-state index in [2.05, 4.69) is 15.0 Å². The van der Waals surface area contributed by atoms with Gasteiger partial charge in [0.2, 0.25) is 0 Å². The van der Waals surface area contributed by atoms with Crippen molar-refractivity contribution in [2.24, 2.45) is 0 Å². The highest BCUT2D eigenvalue weighted by Crippen LogP contribution is 2.27. The molecule has 4 aromatic rings. The Bertz CT molecular complexity index is 1350. The number of anilines is 2. The summed E-state index contributed by atoms with van der Waals surface area (Å²) >= 11 is 1.13. The van der Waals surface area contributed by atoms with Gasteiger partial charge in [0.1, 0.15) is 5.82 Å². The SMILES string of the molecule is Cc1ccc(NS(=O)(=O)c2cccc(C(=O)Nc3nc4ccc(F)cc4s3)c2)cc1. The summed E-state index contributed by atoms with van der Waals surface area (Å²) in [5.74, 6) is -0.898. The molecule has 1 amide bonds. The van der Waals surface area contributed by atoms with Crippen LogP contribution in [0.1, 0.15) is 15.9 Å². The molecule has 3 aromatic carbocycles. The van der Waals surface area contributed by atoms with Crippen molar-refractivity contribution >= 4 is 48.3 Å². The standard InChI is InChI=1S/C21H16FN3O3S2/c1-13-5-8-16(9-6-13)25-30(27,28)17-4-2-3-14(11-17)20(26)24-21-23-18-10-7-15(22)12-19(18)29-21/h2-12,25H,1H3,(H,23,24,26). The molecule has 1 heterocycles. The lowest BCUT2D eigenvalue weighted by Crippen LogP contribution is -2.15. The van der Waals surface area contributed by atoms with Gasteiger partial charge >= 0.3 is 0 Å². The van der Waals surface area contributed by atoms with Crippen molar-refractivity contribution in [2.75, 3.05) is 10.0 Å². The van der Waals surface area contributed by atoms with Gasteiger partial charge in [-0.05, 0) is 55.5 Å². The van der Waals surface area contributed by atoms with Crippen molar-refractivity contribution < 1.29 is 17.6 Å². The molecule has 0 saturated carbocycles. The molecule has 0 aliphatic carbocycles. The number of hydrogen-bond donors (Lipinski definition) is 2. The van der Waals surface area contributed by atoms with Gasteiger partial charge in [-0.2, -0.15) is 0 Å². The molecule has 0 radical (unpaired) electrons. The van der Waals surface area contributed by atoms with Crippen molar-refractivity contribution in [3.63, 3.8) is 0 Å². The van der Waals surface area contributed by atoms with Crippen LogP contribution in [-0.4, -0.2) is 19.3 Å². The number of sulfonamides is 1. The summed E-state index contributed by atoms with van der Waals surface area (Å²) in [5, 5.41) is 2.93. The van der Waals surface area contributed by atoms with Crippen LogP contribution in [0, 0.1) is 12.7 Å². The van der Waals surface area contributed by atoms with Crippen LogP contribution in [0.3, 0.4) is 0 Å². The maximum atomic E-state index is 13.3. The van der Waals surface area contributed by atoms with Crippen molar-refractivity contribution in [3.05, 3.63) is 83.7 Å². The van der Waals surface area contributed by atoms with Gasteiger partial charge < -0.3 is 0 Å². The van der Waals surface area contributed by atoms with E-state index >= 15 is 0 Å². The minimum absolute atomic E-state index is 0.0397. The summed E-state index contributed by atoms with van der Waals surface area (Å²) in [5.41, 5.74) is 2.16. The van der Waals surface area contributed by atoms with E-state index in [0.717, 1.165) is 16.9 Å². The molecule has 1 aromatic heterocycles. The molecule has 0 unspecified atom stereocenters. The Labute approximate surface area is 176 Å². The molecule has 9 heteroatoms. The first-order valence-electron chi connectivity index (χ1n) is 8.87. The van der Waals surface area contributed by atoms with Crippen LogP contribution >= 0.6 is 11.3 Å². The predicted molar refractivity (Wildman–Crippen MR) is 116 cm³/mol. The number of amides is 1. The van der Waals surface area contributed by atoms with E-state index in [1.807, 2.05) is 6.92 Å². The molecule has 0 aliphatic rings. The molecule has 0 aliphatic heterocycles. The number of nitrogens with zero attached hydrogens (tertiary/aromatic N) is 1. The van der Waals surface area contributed by atoms with Crippen LogP contribution in [0.25, 0.3) is 10.2 Å². The Morgan fingerprint density at radius 2 is 1.80 bits per heavy atom. The van der Waals surface area contributed by atoms with Gasteiger partial charge in [0.05, 0.1) is 15.1 Å². The second-order valence-electron chi connectivity index (χ2n) is 6.58. The molecule has 152 valence electrons. The number of hydrogen-bond acceptors (Lipinski definition) is 5. The molecule has 2 N–H and O–H groups in total. The topological polar surface area (TPSA) is 88.2 Å². The monoisotopic (exact) mass is 441 g/mol. The first-order valence-corrected chi connectivity index (χ1v) is 11.2. The third-order valence-electron chi connectivity index (χ3n) is 4.28. The number of aryl methyl sites for hydroxylation is 1. The Hall–Kier alpha value is -3.30. The van der Waals surface area contributed by atoms with Crippen molar-refractivity contribution in [1.82, 2.24) is 4.98 Å². The number of carbonyl (C=O) groups excluding carboxylic acids is 1. The lowest BCUT2D eigenvalue weighted by molar-refractivity contribution is 0.102. The average Bonchev–Trinajstić information content (AvgIpc) is 3.11. The smallest absolute Gasteiger partial charge is 0.261 e. The number of rotatable bonds is 5. The van der Waals surface area contributed by atoms with Gasteiger partial charge in [0.25, 0.3) is 15.9 Å². The fourth-order valence-electron chi connectivity index (χ4n) is 2.76. The molecule has 30 heavy (non-hydrogen) atoms. The normalized spacial score (nSPS) is 11.4. The van der Waals surface area contributed by atoms with Crippen LogP contribution in [0.2, 0.25) is 0 Å². The van der Waals surface area contributed by atoms with Crippen molar-refractivity contribution in [3.8, 4) is 0 Å². The average molecular weight is 442 g/mol. The maximum absolute atomic E-state index is 13.3. The Kier molecular flexibility index (Phi) is 5.23. The van der Waals surface area contributed by atoms with Gasteiger partial charge in [-0.25, -0.2) is 17.8 Å². The molecule has 4 rings (SSSR count). The third kappa shape index (κ3) is 4.32. The fraction of sp³-hybridized carbons (Fsp3) is 0.0476. The quantitative estimate of drug-likeness (QED) is 0.466. The van der Waals surface area contributed by atoms with E-state index in [9.17, 15) is 17.6 Å². The van der Waals surface area contributed by atoms with Gasteiger partial charge in [-0.15, -0.1) is 0 Å². The van der Waals surface area contributed by atoms with Crippen LogP contribution in [-0.2, 0) is 10.0 Å². The van der Waals surface area contributed by atoms with E-state index in [-0.39, 0.29) is 16.3 Å². The number of fused-ring (bicyclic) bond motifs is 1. The zero-order chi connectivity index (χ0) is 21.3. The molecular weight excluding hydrogens is 425 g/mol. The Morgan fingerprint density at radius 3 is 2.57 bits per heavy atom. The van der Waals surface area contributed by atoms with E-state index in [4.69, 9.17) is 0 Å². The largest absolute Gasteiger partial charge is 0.298 e. The van der Waals surface area contributed by atoms with E-state index < -0.39 is 15.9 Å². The second-order valence-corrected chi connectivity index (χ2v) is 9.30. The van der Waals surface area contributed by atoms with Crippen LogP contribution in [0.5, 0.6) is 0 Å². The zero-order valence-electron chi connectivity index (χ0n) is 15.7. The first-order chi connectivity index (χ1) is 14.3. The van der Waals surface area contributed by atoms with Crippen LogP contribution < -0.4 is 10.0 Å². The van der Waals surface area contributed by atoms with Gasteiger partial charge in [-0.3, -0.25) is 14.8 Å². The first kappa shape index (κ1) is 20.0. The third-order valence-corrected chi connectivity index (χ3v) is 6.59. The highest BCUT2D eigenvalue weighted by molar-refractivity contribution is 7.92. The van der Waals surface area contributed by atoms with Crippen LogP contribution in [0.15, 0.2) is 71.6 Å². The summed E-state index contributed by atoms with van der Waals surface area (Å²) < 4.78 is 41.8. The van der Waals surface area contributed by atoms with Gasteiger partial charge in [-0.1, -0.05) is 35.1 Å². The highest BCUT2D eigenvalue weighted by Gasteiger charge is 2.17. The van der Waals surface area contributed by atoms with E-state index in [1.54, 1.807) is 24.3 Å². The second kappa shape index (κ2) is 7.85. The molecule has 0 bridgehead atoms. The number of halogens is 1. The number of benzene rings is 3.